The standard InChI is InChI=1S/C18H15NO2/c20-17-13-16(12-11-14-7-3-1-4-8-14)21-18(19-17)15-9-5-2-6-10-15/h1-10,16,18H,13H2,(H,19,20)/t16-,18+/m1/s1. The molecular formula is C18H15NO2. The maximum atomic E-state index is 11.8. The number of ether oxygens (including phenoxy) is 1. The second-order valence-electron chi connectivity index (χ2n) is 4.82. The van der Waals surface area contributed by atoms with Crippen molar-refractivity contribution in [1.29, 1.82) is 0 Å². The van der Waals surface area contributed by atoms with Gasteiger partial charge in [0.25, 0.3) is 0 Å². The van der Waals surface area contributed by atoms with Crippen LogP contribution in [0.5, 0.6) is 0 Å². The summed E-state index contributed by atoms with van der Waals surface area (Å²) in [6.45, 7) is 0. The topological polar surface area (TPSA) is 38.3 Å². The fraction of sp³-hybridized carbons (Fsp3) is 0.167. The Morgan fingerprint density at radius 2 is 1.67 bits per heavy atom. The third-order valence-electron chi connectivity index (χ3n) is 3.22. The molecule has 3 heteroatoms. The van der Waals surface area contributed by atoms with Gasteiger partial charge in [0.1, 0.15) is 6.10 Å². The van der Waals surface area contributed by atoms with Crippen molar-refractivity contribution in [2.24, 2.45) is 0 Å². The Labute approximate surface area is 123 Å². The lowest BCUT2D eigenvalue weighted by Gasteiger charge is -2.28. The number of rotatable bonds is 1. The molecule has 104 valence electrons. The van der Waals surface area contributed by atoms with E-state index in [0.29, 0.717) is 0 Å². The summed E-state index contributed by atoms with van der Waals surface area (Å²) in [5, 5.41) is 2.83. The molecule has 1 saturated heterocycles. The molecule has 2 aromatic rings. The molecule has 1 aliphatic heterocycles. The number of carbonyl (C=O) groups excluding carboxylic acids is 1. The minimum absolute atomic E-state index is 0.0394. The Morgan fingerprint density at radius 1 is 1.00 bits per heavy atom. The summed E-state index contributed by atoms with van der Waals surface area (Å²) >= 11 is 0. The van der Waals surface area contributed by atoms with Crippen LogP contribution in [0, 0.1) is 11.8 Å². The normalized spacial score (nSPS) is 21.0. The summed E-state index contributed by atoms with van der Waals surface area (Å²) in [4.78, 5) is 11.8. The highest BCUT2D eigenvalue weighted by atomic mass is 16.5. The Morgan fingerprint density at radius 3 is 2.38 bits per heavy atom. The molecule has 1 amide bonds. The largest absolute Gasteiger partial charge is 0.338 e. The molecule has 1 N–H and O–H groups in total. The molecule has 0 aliphatic carbocycles. The number of carbonyl (C=O) groups is 1. The Hall–Kier alpha value is -2.57. The molecule has 1 fully saturated rings. The van der Waals surface area contributed by atoms with E-state index in [4.69, 9.17) is 4.74 Å². The smallest absolute Gasteiger partial charge is 0.225 e. The van der Waals surface area contributed by atoms with Crippen molar-refractivity contribution < 1.29 is 9.53 Å². The zero-order chi connectivity index (χ0) is 14.5. The van der Waals surface area contributed by atoms with Crippen molar-refractivity contribution in [1.82, 2.24) is 5.32 Å². The molecule has 0 radical (unpaired) electrons. The lowest BCUT2D eigenvalue weighted by Crippen LogP contribution is -2.40. The number of hydrogen-bond donors (Lipinski definition) is 1. The van der Waals surface area contributed by atoms with Crippen LogP contribution < -0.4 is 5.32 Å². The molecule has 0 unspecified atom stereocenters. The van der Waals surface area contributed by atoms with Gasteiger partial charge in [0, 0.05) is 11.1 Å². The maximum Gasteiger partial charge on any atom is 0.225 e. The molecule has 1 aliphatic rings. The summed E-state index contributed by atoms with van der Waals surface area (Å²) < 4.78 is 5.86. The van der Waals surface area contributed by atoms with Crippen molar-refractivity contribution in [2.75, 3.05) is 0 Å². The zero-order valence-corrected chi connectivity index (χ0v) is 11.5. The molecule has 0 saturated carbocycles. The second kappa shape index (κ2) is 6.25. The maximum absolute atomic E-state index is 11.8. The monoisotopic (exact) mass is 277 g/mol. The van der Waals surface area contributed by atoms with Gasteiger partial charge in [0.2, 0.25) is 5.91 Å². The van der Waals surface area contributed by atoms with Gasteiger partial charge >= 0.3 is 0 Å². The van der Waals surface area contributed by atoms with Crippen LogP contribution in [0.1, 0.15) is 23.8 Å². The summed E-state index contributed by atoms with van der Waals surface area (Å²) in [7, 11) is 0. The molecule has 21 heavy (non-hydrogen) atoms. The fourth-order valence-corrected chi connectivity index (χ4v) is 2.18. The molecule has 0 aromatic heterocycles. The van der Waals surface area contributed by atoms with Gasteiger partial charge in [-0.2, -0.15) is 0 Å². The van der Waals surface area contributed by atoms with Crippen molar-refractivity contribution in [3.05, 3.63) is 71.8 Å². The van der Waals surface area contributed by atoms with E-state index in [1.807, 2.05) is 60.7 Å². The predicted molar refractivity (Wildman–Crippen MR) is 80.1 cm³/mol. The van der Waals surface area contributed by atoms with E-state index in [-0.39, 0.29) is 18.4 Å². The van der Waals surface area contributed by atoms with Crippen LogP contribution in [0.3, 0.4) is 0 Å². The van der Waals surface area contributed by atoms with E-state index in [9.17, 15) is 4.79 Å². The molecule has 0 bridgehead atoms. The summed E-state index contributed by atoms with van der Waals surface area (Å²) in [5.41, 5.74) is 1.85. The van der Waals surface area contributed by atoms with Gasteiger partial charge in [0.05, 0.1) is 6.42 Å². The lowest BCUT2D eigenvalue weighted by molar-refractivity contribution is -0.137. The first kappa shape index (κ1) is 13.4. The molecule has 1 heterocycles. The van der Waals surface area contributed by atoms with Crippen molar-refractivity contribution in [3.63, 3.8) is 0 Å². The van der Waals surface area contributed by atoms with Crippen LogP contribution in [-0.2, 0) is 9.53 Å². The summed E-state index contributed by atoms with van der Waals surface area (Å²) in [6.07, 6.45) is -0.546. The number of benzene rings is 2. The summed E-state index contributed by atoms with van der Waals surface area (Å²) in [6, 6.07) is 19.3. The van der Waals surface area contributed by atoms with Crippen LogP contribution >= 0.6 is 0 Å². The molecular weight excluding hydrogens is 262 g/mol. The fourth-order valence-electron chi connectivity index (χ4n) is 2.18. The van der Waals surface area contributed by atoms with Crippen LogP contribution in [0.25, 0.3) is 0 Å². The highest BCUT2D eigenvalue weighted by molar-refractivity contribution is 5.78. The van der Waals surface area contributed by atoms with Gasteiger partial charge < -0.3 is 10.1 Å². The van der Waals surface area contributed by atoms with Crippen LogP contribution in [0.2, 0.25) is 0 Å². The van der Waals surface area contributed by atoms with E-state index < -0.39 is 6.23 Å². The van der Waals surface area contributed by atoms with E-state index in [0.717, 1.165) is 11.1 Å². The SMILES string of the molecule is O=C1C[C@@H](C#Cc2ccccc2)O[C@@H](c2ccccc2)N1. The first-order valence-corrected chi connectivity index (χ1v) is 6.87. The Kier molecular flexibility index (Phi) is 3.99. The van der Waals surface area contributed by atoms with Gasteiger partial charge in [-0.15, -0.1) is 0 Å². The first-order chi connectivity index (χ1) is 10.3. The highest BCUT2D eigenvalue weighted by Crippen LogP contribution is 2.21. The van der Waals surface area contributed by atoms with Gasteiger partial charge in [-0.05, 0) is 12.1 Å². The van der Waals surface area contributed by atoms with Crippen LogP contribution in [0.15, 0.2) is 60.7 Å². The number of amides is 1. The predicted octanol–water partition coefficient (Wildman–Crippen LogP) is 2.64. The average molecular weight is 277 g/mol. The molecule has 3 rings (SSSR count). The number of nitrogens with one attached hydrogen (secondary N) is 1. The van der Waals surface area contributed by atoms with Crippen LogP contribution in [-0.4, -0.2) is 12.0 Å². The minimum atomic E-state index is -0.428. The van der Waals surface area contributed by atoms with Crippen LogP contribution in [0.4, 0.5) is 0 Å². The quantitative estimate of drug-likeness (QED) is 0.814. The lowest BCUT2D eigenvalue weighted by atomic mass is 10.1. The van der Waals surface area contributed by atoms with Gasteiger partial charge in [-0.3, -0.25) is 4.79 Å². The third-order valence-corrected chi connectivity index (χ3v) is 3.22. The second-order valence-corrected chi connectivity index (χ2v) is 4.82. The summed E-state index contributed by atoms with van der Waals surface area (Å²) in [5.74, 6) is 6.05. The minimum Gasteiger partial charge on any atom is -0.338 e. The third kappa shape index (κ3) is 3.50. The zero-order valence-electron chi connectivity index (χ0n) is 11.5. The van der Waals surface area contributed by atoms with Gasteiger partial charge in [-0.1, -0.05) is 60.4 Å². The molecule has 3 nitrogen and oxygen atoms in total. The van der Waals surface area contributed by atoms with E-state index >= 15 is 0 Å². The molecule has 0 spiro atoms. The van der Waals surface area contributed by atoms with Crippen molar-refractivity contribution in [2.45, 2.75) is 18.8 Å². The Balaban J connectivity index is 1.75. The van der Waals surface area contributed by atoms with Crippen molar-refractivity contribution >= 4 is 5.91 Å². The van der Waals surface area contributed by atoms with E-state index in [2.05, 4.69) is 17.2 Å². The van der Waals surface area contributed by atoms with Gasteiger partial charge in [0.15, 0.2) is 6.23 Å². The molecule has 2 atom stereocenters. The number of hydrogen-bond acceptors (Lipinski definition) is 2. The van der Waals surface area contributed by atoms with E-state index in [1.165, 1.54) is 0 Å². The van der Waals surface area contributed by atoms with Gasteiger partial charge in [-0.25, -0.2) is 0 Å². The van der Waals surface area contributed by atoms with E-state index in [1.54, 1.807) is 0 Å². The average Bonchev–Trinajstić information content (AvgIpc) is 2.54. The van der Waals surface area contributed by atoms with Crippen molar-refractivity contribution in [3.8, 4) is 11.8 Å². The molecule has 2 aromatic carbocycles. The highest BCUT2D eigenvalue weighted by Gasteiger charge is 2.26. The first-order valence-electron chi connectivity index (χ1n) is 6.87. The Bertz CT molecular complexity index is 671.